The Bertz CT molecular complexity index is 962. The lowest BCUT2D eigenvalue weighted by molar-refractivity contribution is -0.158. The Morgan fingerprint density at radius 1 is 0.938 bits per heavy atom. The maximum absolute atomic E-state index is 13.6. The van der Waals surface area contributed by atoms with Crippen molar-refractivity contribution in [3.8, 4) is 0 Å². The highest BCUT2D eigenvalue weighted by Crippen LogP contribution is 2.60. The Hall–Kier alpha value is -2.70. The highest BCUT2D eigenvalue weighted by molar-refractivity contribution is 5.83. The summed E-state index contributed by atoms with van der Waals surface area (Å²) in [5, 5.41) is 12.0. The van der Waals surface area contributed by atoms with Crippen molar-refractivity contribution in [3.05, 3.63) is 36.0 Å². The van der Waals surface area contributed by atoms with Crippen molar-refractivity contribution in [2.45, 2.75) is 45.4 Å². The number of amides is 1. The SMILES string of the molecule is Cc1ccnc(Nc2ccc(N3CCN(C(=O)C45CC6CC(CC(C6)C4)C5)CC3)nn2)c1. The minimum absolute atomic E-state index is 0.0339. The lowest BCUT2D eigenvalue weighted by atomic mass is 9.49. The van der Waals surface area contributed by atoms with E-state index in [4.69, 9.17) is 0 Å². The van der Waals surface area contributed by atoms with E-state index in [2.05, 4.69) is 30.3 Å². The van der Waals surface area contributed by atoms with Gasteiger partial charge in [-0.1, -0.05) is 0 Å². The van der Waals surface area contributed by atoms with E-state index < -0.39 is 0 Å². The number of nitrogens with one attached hydrogen (secondary N) is 1. The fourth-order valence-electron chi connectivity index (χ4n) is 7.14. The van der Waals surface area contributed by atoms with Crippen LogP contribution in [0.4, 0.5) is 17.5 Å². The van der Waals surface area contributed by atoms with Crippen LogP contribution in [0.2, 0.25) is 0 Å². The van der Waals surface area contributed by atoms with Crippen molar-refractivity contribution >= 4 is 23.4 Å². The summed E-state index contributed by atoms with van der Waals surface area (Å²) in [7, 11) is 0. The molecule has 32 heavy (non-hydrogen) atoms. The third-order valence-electron chi connectivity index (χ3n) is 8.20. The molecular weight excluding hydrogens is 400 g/mol. The van der Waals surface area contributed by atoms with Crippen molar-refractivity contribution in [2.24, 2.45) is 23.2 Å². The van der Waals surface area contributed by atoms with Crippen molar-refractivity contribution in [2.75, 3.05) is 36.4 Å². The van der Waals surface area contributed by atoms with Crippen LogP contribution in [-0.4, -0.2) is 52.2 Å². The molecule has 0 radical (unpaired) electrons. The molecule has 0 aromatic carbocycles. The van der Waals surface area contributed by atoms with Gasteiger partial charge in [0, 0.05) is 32.4 Å². The second kappa shape index (κ2) is 7.71. The van der Waals surface area contributed by atoms with E-state index in [9.17, 15) is 4.79 Å². The highest BCUT2D eigenvalue weighted by atomic mass is 16.2. The first-order chi connectivity index (χ1) is 15.6. The Labute approximate surface area is 189 Å². The summed E-state index contributed by atoms with van der Waals surface area (Å²) in [6.07, 6.45) is 9.36. The Kier molecular flexibility index (Phi) is 4.81. The topological polar surface area (TPSA) is 74.2 Å². The number of anilines is 3. The Morgan fingerprint density at radius 3 is 2.22 bits per heavy atom. The highest BCUT2D eigenvalue weighted by Gasteiger charge is 2.55. The monoisotopic (exact) mass is 432 g/mol. The number of carbonyl (C=O) groups excluding carboxylic acids is 1. The summed E-state index contributed by atoms with van der Waals surface area (Å²) >= 11 is 0. The normalized spacial score (nSPS) is 31.1. The van der Waals surface area contributed by atoms with Gasteiger partial charge in [-0.15, -0.1) is 10.2 Å². The van der Waals surface area contributed by atoms with Crippen molar-refractivity contribution in [1.29, 1.82) is 0 Å². The smallest absolute Gasteiger partial charge is 0.228 e. The Morgan fingerprint density at radius 2 is 1.62 bits per heavy atom. The van der Waals surface area contributed by atoms with Crippen LogP contribution in [0, 0.1) is 30.1 Å². The van der Waals surface area contributed by atoms with Gasteiger partial charge >= 0.3 is 0 Å². The molecular formula is C25H32N6O. The number of aryl methyl sites for hydroxylation is 1. The van der Waals surface area contributed by atoms with Crippen LogP contribution in [0.1, 0.15) is 44.1 Å². The van der Waals surface area contributed by atoms with E-state index in [-0.39, 0.29) is 5.41 Å². The number of rotatable bonds is 4. The fraction of sp³-hybridized carbons (Fsp3) is 0.600. The molecule has 7 nitrogen and oxygen atoms in total. The van der Waals surface area contributed by atoms with Gasteiger partial charge in [0.1, 0.15) is 5.82 Å². The van der Waals surface area contributed by atoms with Crippen LogP contribution in [0.15, 0.2) is 30.5 Å². The zero-order valence-corrected chi connectivity index (χ0v) is 18.8. The average Bonchev–Trinajstić information content (AvgIpc) is 2.78. The molecule has 7 rings (SSSR count). The lowest BCUT2D eigenvalue weighted by Crippen LogP contribution is -2.58. The zero-order chi connectivity index (χ0) is 21.7. The van der Waals surface area contributed by atoms with Crippen LogP contribution in [0.25, 0.3) is 0 Å². The van der Waals surface area contributed by atoms with Gasteiger partial charge in [-0.2, -0.15) is 0 Å². The summed E-state index contributed by atoms with van der Waals surface area (Å²) < 4.78 is 0. The van der Waals surface area contributed by atoms with Gasteiger partial charge in [-0.3, -0.25) is 4.79 Å². The summed E-state index contributed by atoms with van der Waals surface area (Å²) in [4.78, 5) is 22.3. The molecule has 168 valence electrons. The predicted octanol–water partition coefficient (Wildman–Crippen LogP) is 3.79. The summed E-state index contributed by atoms with van der Waals surface area (Å²) in [6.45, 7) is 5.25. The van der Waals surface area contributed by atoms with Gasteiger partial charge in [0.2, 0.25) is 5.91 Å². The minimum atomic E-state index is -0.0339. The predicted molar refractivity (Wildman–Crippen MR) is 124 cm³/mol. The third-order valence-corrected chi connectivity index (χ3v) is 8.20. The molecule has 1 aliphatic heterocycles. The van der Waals surface area contributed by atoms with E-state index in [0.29, 0.717) is 11.7 Å². The molecule has 1 amide bonds. The summed E-state index contributed by atoms with van der Waals surface area (Å²) in [5.74, 6) is 5.20. The average molecular weight is 433 g/mol. The molecule has 4 bridgehead atoms. The van der Waals surface area contributed by atoms with Crippen LogP contribution in [0.5, 0.6) is 0 Å². The number of pyridine rings is 1. The van der Waals surface area contributed by atoms with E-state index >= 15 is 0 Å². The molecule has 4 aliphatic carbocycles. The molecule has 2 aromatic heterocycles. The van der Waals surface area contributed by atoms with Crippen LogP contribution in [0.3, 0.4) is 0 Å². The standard InChI is InChI=1S/C25H32N6O/c1-17-4-5-26-22(10-17)27-21-2-3-23(29-28-21)30-6-8-31(9-7-30)24(32)25-14-18-11-19(15-25)13-20(12-18)16-25/h2-5,10,18-20H,6-9,11-16H2,1H3,(H,26,27,28). The van der Waals surface area contributed by atoms with Gasteiger partial charge in [0.15, 0.2) is 11.6 Å². The molecule has 5 fully saturated rings. The Balaban J connectivity index is 1.07. The van der Waals surface area contributed by atoms with E-state index in [1.165, 1.54) is 19.3 Å². The summed E-state index contributed by atoms with van der Waals surface area (Å²) in [6, 6.07) is 7.89. The third kappa shape index (κ3) is 3.61. The van der Waals surface area contributed by atoms with Crippen LogP contribution >= 0.6 is 0 Å². The first-order valence-corrected chi connectivity index (χ1v) is 12.1. The molecule has 0 atom stereocenters. The molecule has 7 heteroatoms. The molecule has 1 saturated heterocycles. The maximum atomic E-state index is 13.6. The van der Waals surface area contributed by atoms with Gasteiger partial charge in [0.05, 0.1) is 5.41 Å². The second-order valence-electron chi connectivity index (χ2n) is 10.6. The van der Waals surface area contributed by atoms with Gasteiger partial charge in [-0.05, 0) is 93.0 Å². The van der Waals surface area contributed by atoms with Gasteiger partial charge in [-0.25, -0.2) is 4.98 Å². The van der Waals surface area contributed by atoms with Crippen LogP contribution < -0.4 is 10.2 Å². The molecule has 3 heterocycles. The molecule has 1 N–H and O–H groups in total. The van der Waals surface area contributed by atoms with Crippen molar-refractivity contribution in [1.82, 2.24) is 20.1 Å². The molecule has 0 unspecified atom stereocenters. The van der Waals surface area contributed by atoms with Gasteiger partial charge in [0.25, 0.3) is 0 Å². The first kappa shape index (κ1) is 19.9. The van der Waals surface area contributed by atoms with E-state index in [1.54, 1.807) is 6.20 Å². The first-order valence-electron chi connectivity index (χ1n) is 12.1. The minimum Gasteiger partial charge on any atom is -0.352 e. The maximum Gasteiger partial charge on any atom is 0.228 e. The molecule has 2 aromatic rings. The number of aromatic nitrogens is 3. The number of nitrogens with zero attached hydrogens (tertiary/aromatic N) is 5. The fourth-order valence-corrected chi connectivity index (χ4v) is 7.14. The number of piperazine rings is 1. The zero-order valence-electron chi connectivity index (χ0n) is 18.8. The number of hydrogen-bond acceptors (Lipinski definition) is 6. The second-order valence-corrected chi connectivity index (χ2v) is 10.6. The number of hydrogen-bond donors (Lipinski definition) is 1. The molecule has 4 saturated carbocycles. The van der Waals surface area contributed by atoms with Gasteiger partial charge < -0.3 is 15.1 Å². The quantitative estimate of drug-likeness (QED) is 0.792. The summed E-state index contributed by atoms with van der Waals surface area (Å²) in [5.41, 5.74) is 1.11. The van der Waals surface area contributed by atoms with Crippen molar-refractivity contribution in [3.63, 3.8) is 0 Å². The van der Waals surface area contributed by atoms with Crippen molar-refractivity contribution < 1.29 is 4.79 Å². The van der Waals surface area contributed by atoms with E-state index in [0.717, 1.165) is 80.4 Å². The number of carbonyl (C=O) groups is 1. The van der Waals surface area contributed by atoms with Crippen LogP contribution in [-0.2, 0) is 4.79 Å². The largest absolute Gasteiger partial charge is 0.352 e. The lowest BCUT2D eigenvalue weighted by Gasteiger charge is -2.57. The molecule has 5 aliphatic rings. The molecule has 0 spiro atoms. The van der Waals surface area contributed by atoms with E-state index in [1.807, 2.05) is 31.2 Å².